The Morgan fingerprint density at radius 1 is 1.12 bits per heavy atom. The SMILES string of the molecule is COc1cccc(CO[C@]2(C(=O)NCC(C)C)CC(OCc3ccc(F)cc3)[C@H](O)[C@H](O)C2)c1. The maximum atomic E-state index is 13.3. The van der Waals surface area contributed by atoms with Crippen LogP contribution in [0.15, 0.2) is 48.5 Å². The number of hydrogen-bond acceptors (Lipinski definition) is 6. The molecule has 0 radical (unpaired) electrons. The topological polar surface area (TPSA) is 97.3 Å². The van der Waals surface area contributed by atoms with Crippen molar-refractivity contribution >= 4 is 5.91 Å². The molecule has 0 saturated heterocycles. The highest BCUT2D eigenvalue weighted by molar-refractivity contribution is 5.85. The molecule has 1 fully saturated rings. The molecule has 2 aromatic carbocycles. The van der Waals surface area contributed by atoms with Gasteiger partial charge in [0.05, 0.1) is 32.5 Å². The number of halogens is 1. The molecule has 34 heavy (non-hydrogen) atoms. The van der Waals surface area contributed by atoms with Gasteiger partial charge in [0.2, 0.25) is 0 Å². The second kappa shape index (κ2) is 11.8. The van der Waals surface area contributed by atoms with Gasteiger partial charge in [-0.2, -0.15) is 0 Å². The normalized spacial score (nSPS) is 24.7. The second-order valence-corrected chi connectivity index (χ2v) is 9.18. The number of rotatable bonds is 10. The van der Waals surface area contributed by atoms with Crippen molar-refractivity contribution in [1.29, 1.82) is 0 Å². The molecule has 0 heterocycles. The highest BCUT2D eigenvalue weighted by Gasteiger charge is 2.51. The van der Waals surface area contributed by atoms with Gasteiger partial charge in [-0.1, -0.05) is 38.1 Å². The molecule has 0 spiro atoms. The second-order valence-electron chi connectivity index (χ2n) is 9.18. The molecule has 4 atom stereocenters. The maximum Gasteiger partial charge on any atom is 0.252 e. The van der Waals surface area contributed by atoms with Gasteiger partial charge in [-0.05, 0) is 41.3 Å². The Morgan fingerprint density at radius 2 is 1.85 bits per heavy atom. The Hall–Kier alpha value is -2.52. The zero-order chi connectivity index (χ0) is 24.7. The van der Waals surface area contributed by atoms with E-state index < -0.39 is 23.9 Å². The lowest BCUT2D eigenvalue weighted by atomic mass is 9.78. The van der Waals surface area contributed by atoms with Gasteiger partial charge in [0.15, 0.2) is 5.60 Å². The molecule has 3 N–H and O–H groups in total. The van der Waals surface area contributed by atoms with Gasteiger partial charge in [0, 0.05) is 19.4 Å². The minimum atomic E-state index is -1.40. The van der Waals surface area contributed by atoms with Gasteiger partial charge < -0.3 is 29.7 Å². The average Bonchev–Trinajstić information content (AvgIpc) is 2.83. The summed E-state index contributed by atoms with van der Waals surface area (Å²) in [6.45, 7) is 4.62. The first-order valence-electron chi connectivity index (χ1n) is 11.5. The van der Waals surface area contributed by atoms with Crippen molar-refractivity contribution in [2.45, 2.75) is 63.8 Å². The predicted octanol–water partition coefficient (Wildman–Crippen LogP) is 2.96. The van der Waals surface area contributed by atoms with E-state index >= 15 is 0 Å². The van der Waals surface area contributed by atoms with Gasteiger partial charge in [0.1, 0.15) is 17.7 Å². The lowest BCUT2D eigenvalue weighted by Crippen LogP contribution is -2.60. The number of hydrogen-bond donors (Lipinski definition) is 3. The van der Waals surface area contributed by atoms with Crippen LogP contribution in [0.1, 0.15) is 37.8 Å². The fourth-order valence-corrected chi connectivity index (χ4v) is 3.99. The van der Waals surface area contributed by atoms with Gasteiger partial charge in [-0.3, -0.25) is 4.79 Å². The number of aliphatic hydroxyl groups excluding tert-OH is 2. The van der Waals surface area contributed by atoms with Crippen LogP contribution in [0, 0.1) is 11.7 Å². The van der Waals surface area contributed by atoms with Crippen molar-refractivity contribution in [3.05, 3.63) is 65.5 Å². The third-order valence-electron chi connectivity index (χ3n) is 5.96. The van der Waals surface area contributed by atoms with E-state index in [1.165, 1.54) is 12.1 Å². The lowest BCUT2D eigenvalue weighted by molar-refractivity contribution is -0.200. The van der Waals surface area contributed by atoms with E-state index in [2.05, 4.69) is 5.32 Å². The summed E-state index contributed by atoms with van der Waals surface area (Å²) in [5, 5.41) is 24.2. The standard InChI is InChI=1S/C26H34FNO6/c1-17(2)14-28-25(31)26(34-16-19-5-4-6-21(11-19)32-3)12-22(29)24(30)23(13-26)33-15-18-7-9-20(27)10-8-18/h4-11,17,22-24,29-30H,12-16H2,1-3H3,(H,28,31)/t22-,23?,24-,26+/m1/s1. The summed E-state index contributed by atoms with van der Waals surface area (Å²) in [5.74, 6) is 0.178. The third kappa shape index (κ3) is 6.76. The lowest BCUT2D eigenvalue weighted by Gasteiger charge is -2.44. The van der Waals surface area contributed by atoms with Gasteiger partial charge in [0.25, 0.3) is 5.91 Å². The number of methoxy groups -OCH3 is 1. The number of nitrogens with one attached hydrogen (secondary N) is 1. The van der Waals surface area contributed by atoms with E-state index in [9.17, 15) is 19.4 Å². The van der Waals surface area contributed by atoms with Crippen LogP contribution in [0.4, 0.5) is 4.39 Å². The minimum absolute atomic E-state index is 0.0559. The van der Waals surface area contributed by atoms with Gasteiger partial charge in [-0.15, -0.1) is 0 Å². The van der Waals surface area contributed by atoms with Gasteiger partial charge >= 0.3 is 0 Å². The van der Waals surface area contributed by atoms with Gasteiger partial charge in [-0.25, -0.2) is 4.39 Å². The van der Waals surface area contributed by atoms with E-state index in [4.69, 9.17) is 14.2 Å². The Balaban J connectivity index is 1.79. The Kier molecular flexibility index (Phi) is 9.02. The van der Waals surface area contributed by atoms with Crippen molar-refractivity contribution in [2.24, 2.45) is 5.92 Å². The molecule has 0 aliphatic heterocycles. The van der Waals surface area contributed by atoms with Crippen LogP contribution in [-0.2, 0) is 27.5 Å². The van der Waals surface area contributed by atoms with E-state index in [-0.39, 0.29) is 43.7 Å². The summed E-state index contributed by atoms with van der Waals surface area (Å²) in [7, 11) is 1.57. The van der Waals surface area contributed by atoms with Crippen molar-refractivity contribution < 1.29 is 33.6 Å². The van der Waals surface area contributed by atoms with E-state index in [0.717, 1.165) is 5.56 Å². The van der Waals surface area contributed by atoms with Crippen LogP contribution >= 0.6 is 0 Å². The van der Waals surface area contributed by atoms with Crippen LogP contribution < -0.4 is 10.1 Å². The molecule has 0 bridgehead atoms. The first kappa shape index (κ1) is 26.1. The summed E-state index contributed by atoms with van der Waals surface area (Å²) < 4.78 is 30.6. The number of aliphatic hydroxyl groups is 2. The summed E-state index contributed by atoms with van der Waals surface area (Å²) in [4.78, 5) is 13.3. The molecular weight excluding hydrogens is 441 g/mol. The number of carbonyl (C=O) groups is 1. The Bertz CT molecular complexity index is 937. The molecule has 1 unspecified atom stereocenters. The Labute approximate surface area is 199 Å². The third-order valence-corrected chi connectivity index (χ3v) is 5.96. The fourth-order valence-electron chi connectivity index (χ4n) is 3.99. The van der Waals surface area contributed by atoms with Crippen LogP contribution in [-0.4, -0.2) is 53.7 Å². The number of carbonyl (C=O) groups excluding carboxylic acids is 1. The average molecular weight is 476 g/mol. The molecule has 1 amide bonds. The van der Waals surface area contributed by atoms with Crippen LogP contribution in [0.25, 0.3) is 0 Å². The highest BCUT2D eigenvalue weighted by atomic mass is 19.1. The van der Waals surface area contributed by atoms with Crippen LogP contribution in [0.2, 0.25) is 0 Å². The summed E-state index contributed by atoms with van der Waals surface area (Å²) in [5.41, 5.74) is 0.116. The van der Waals surface area contributed by atoms with E-state index in [1.54, 1.807) is 19.2 Å². The van der Waals surface area contributed by atoms with Crippen molar-refractivity contribution in [1.82, 2.24) is 5.32 Å². The fraction of sp³-hybridized carbons (Fsp3) is 0.500. The maximum absolute atomic E-state index is 13.3. The quantitative estimate of drug-likeness (QED) is 0.489. The molecule has 1 aliphatic carbocycles. The number of ether oxygens (including phenoxy) is 3. The predicted molar refractivity (Wildman–Crippen MR) is 125 cm³/mol. The molecule has 2 aromatic rings. The molecule has 8 heteroatoms. The smallest absolute Gasteiger partial charge is 0.252 e. The number of amides is 1. The minimum Gasteiger partial charge on any atom is -0.497 e. The molecule has 1 saturated carbocycles. The first-order chi connectivity index (χ1) is 16.2. The summed E-state index contributed by atoms with van der Waals surface area (Å²) in [6.07, 6.45) is -3.28. The van der Waals surface area contributed by atoms with Crippen molar-refractivity contribution in [3.8, 4) is 5.75 Å². The number of benzene rings is 2. The van der Waals surface area contributed by atoms with Crippen LogP contribution in [0.5, 0.6) is 5.75 Å². The summed E-state index contributed by atoms with van der Waals surface area (Å²) >= 11 is 0. The largest absolute Gasteiger partial charge is 0.497 e. The molecule has 1 aliphatic rings. The summed E-state index contributed by atoms with van der Waals surface area (Å²) in [6, 6.07) is 13.1. The highest BCUT2D eigenvalue weighted by Crippen LogP contribution is 2.36. The first-order valence-corrected chi connectivity index (χ1v) is 11.5. The van der Waals surface area contributed by atoms with Crippen molar-refractivity contribution in [3.63, 3.8) is 0 Å². The molecule has 3 rings (SSSR count). The molecule has 186 valence electrons. The monoisotopic (exact) mass is 475 g/mol. The molecular formula is C26H34FNO6. The molecule has 7 nitrogen and oxygen atoms in total. The Morgan fingerprint density at radius 3 is 2.53 bits per heavy atom. The van der Waals surface area contributed by atoms with E-state index in [1.807, 2.05) is 38.1 Å². The zero-order valence-electron chi connectivity index (χ0n) is 19.9. The van der Waals surface area contributed by atoms with E-state index in [0.29, 0.717) is 17.9 Å². The van der Waals surface area contributed by atoms with Crippen LogP contribution in [0.3, 0.4) is 0 Å². The zero-order valence-corrected chi connectivity index (χ0v) is 19.9. The van der Waals surface area contributed by atoms with Crippen molar-refractivity contribution in [2.75, 3.05) is 13.7 Å². The molecule has 0 aromatic heterocycles.